The van der Waals surface area contributed by atoms with Crippen molar-refractivity contribution >= 4 is 5.69 Å². The minimum absolute atomic E-state index is 0.591. The SMILES string of the molecule is COCc1ccccc1N1CCCNC(CC(C)C)C1. The first kappa shape index (κ1) is 15.3. The van der Waals surface area contributed by atoms with Crippen molar-refractivity contribution in [3.63, 3.8) is 0 Å². The van der Waals surface area contributed by atoms with E-state index in [1.165, 1.54) is 24.1 Å². The van der Waals surface area contributed by atoms with E-state index in [-0.39, 0.29) is 0 Å². The molecule has 3 heteroatoms. The van der Waals surface area contributed by atoms with E-state index in [1.807, 2.05) is 0 Å². The molecule has 1 unspecified atom stereocenters. The summed E-state index contributed by atoms with van der Waals surface area (Å²) in [7, 11) is 1.77. The molecule has 1 heterocycles. The molecular weight excluding hydrogens is 248 g/mol. The molecule has 2 rings (SSSR count). The van der Waals surface area contributed by atoms with Crippen molar-refractivity contribution in [3.05, 3.63) is 29.8 Å². The van der Waals surface area contributed by atoms with E-state index in [4.69, 9.17) is 4.74 Å². The van der Waals surface area contributed by atoms with Crippen LogP contribution in [0.2, 0.25) is 0 Å². The first-order valence-corrected chi connectivity index (χ1v) is 7.76. The van der Waals surface area contributed by atoms with Crippen LogP contribution >= 0.6 is 0 Å². The number of methoxy groups -OCH3 is 1. The van der Waals surface area contributed by atoms with Crippen LogP contribution in [0, 0.1) is 5.92 Å². The number of anilines is 1. The Hall–Kier alpha value is -1.06. The van der Waals surface area contributed by atoms with Gasteiger partial charge in [-0.3, -0.25) is 0 Å². The zero-order valence-electron chi connectivity index (χ0n) is 13.1. The molecule has 1 aliphatic rings. The number of ether oxygens (including phenoxy) is 1. The van der Waals surface area contributed by atoms with Gasteiger partial charge in [0.2, 0.25) is 0 Å². The molecule has 0 bridgehead atoms. The molecular formula is C17H28N2O. The zero-order valence-corrected chi connectivity index (χ0v) is 13.1. The van der Waals surface area contributed by atoms with Crippen molar-refractivity contribution in [2.24, 2.45) is 5.92 Å². The maximum atomic E-state index is 5.34. The molecule has 0 amide bonds. The molecule has 1 saturated heterocycles. The molecule has 0 saturated carbocycles. The highest BCUT2D eigenvalue weighted by atomic mass is 16.5. The highest BCUT2D eigenvalue weighted by Crippen LogP contribution is 2.23. The third-order valence-electron chi connectivity index (χ3n) is 3.87. The number of para-hydroxylation sites is 1. The van der Waals surface area contributed by atoms with Gasteiger partial charge in [0.1, 0.15) is 0 Å². The monoisotopic (exact) mass is 276 g/mol. The smallest absolute Gasteiger partial charge is 0.0733 e. The number of benzene rings is 1. The van der Waals surface area contributed by atoms with Gasteiger partial charge in [-0.2, -0.15) is 0 Å². The lowest BCUT2D eigenvalue weighted by molar-refractivity contribution is 0.185. The summed E-state index contributed by atoms with van der Waals surface area (Å²) in [5, 5.41) is 3.69. The second-order valence-corrected chi connectivity index (χ2v) is 6.14. The van der Waals surface area contributed by atoms with Gasteiger partial charge in [0, 0.05) is 37.5 Å². The van der Waals surface area contributed by atoms with Gasteiger partial charge in [-0.05, 0) is 31.4 Å². The van der Waals surface area contributed by atoms with E-state index in [0.29, 0.717) is 12.6 Å². The Kier molecular flexibility index (Phi) is 5.86. The fraction of sp³-hybridized carbons (Fsp3) is 0.647. The maximum absolute atomic E-state index is 5.34. The molecule has 1 aromatic carbocycles. The third-order valence-corrected chi connectivity index (χ3v) is 3.87. The standard InChI is InChI=1S/C17H28N2O/c1-14(2)11-16-12-19(10-6-9-18-16)17-8-5-4-7-15(17)13-20-3/h4-5,7-8,14,16,18H,6,9-13H2,1-3H3. The van der Waals surface area contributed by atoms with Crippen LogP contribution in [0.4, 0.5) is 5.69 Å². The van der Waals surface area contributed by atoms with Gasteiger partial charge in [0.25, 0.3) is 0 Å². The van der Waals surface area contributed by atoms with Crippen molar-refractivity contribution < 1.29 is 4.74 Å². The third kappa shape index (κ3) is 4.22. The highest BCUT2D eigenvalue weighted by molar-refractivity contribution is 5.53. The van der Waals surface area contributed by atoms with Crippen LogP contribution in [-0.4, -0.2) is 32.8 Å². The van der Waals surface area contributed by atoms with Crippen molar-refractivity contribution in [3.8, 4) is 0 Å². The molecule has 0 aromatic heterocycles. The predicted molar refractivity (Wildman–Crippen MR) is 85.2 cm³/mol. The van der Waals surface area contributed by atoms with Gasteiger partial charge < -0.3 is 15.0 Å². The molecule has 3 nitrogen and oxygen atoms in total. The highest BCUT2D eigenvalue weighted by Gasteiger charge is 2.20. The van der Waals surface area contributed by atoms with Gasteiger partial charge in [0.15, 0.2) is 0 Å². The summed E-state index contributed by atoms with van der Waals surface area (Å²) in [4.78, 5) is 2.53. The lowest BCUT2D eigenvalue weighted by Crippen LogP contribution is -2.39. The van der Waals surface area contributed by atoms with Crippen LogP contribution in [0.25, 0.3) is 0 Å². The molecule has 1 aliphatic heterocycles. The van der Waals surface area contributed by atoms with Crippen LogP contribution in [0.5, 0.6) is 0 Å². The van der Waals surface area contributed by atoms with E-state index >= 15 is 0 Å². The Balaban J connectivity index is 2.13. The number of hydrogen-bond donors (Lipinski definition) is 1. The molecule has 1 N–H and O–H groups in total. The average molecular weight is 276 g/mol. The van der Waals surface area contributed by atoms with Crippen LogP contribution in [0.3, 0.4) is 0 Å². The molecule has 1 atom stereocenters. The Morgan fingerprint density at radius 2 is 2.15 bits per heavy atom. The number of hydrogen-bond acceptors (Lipinski definition) is 3. The molecule has 0 spiro atoms. The number of rotatable bonds is 5. The quantitative estimate of drug-likeness (QED) is 0.894. The molecule has 20 heavy (non-hydrogen) atoms. The largest absolute Gasteiger partial charge is 0.380 e. The maximum Gasteiger partial charge on any atom is 0.0733 e. The van der Waals surface area contributed by atoms with E-state index in [9.17, 15) is 0 Å². The normalized spacial score (nSPS) is 20.2. The summed E-state index contributed by atoms with van der Waals surface area (Å²) in [5.74, 6) is 0.738. The summed E-state index contributed by atoms with van der Waals surface area (Å²) in [6, 6.07) is 9.22. The molecule has 0 aliphatic carbocycles. The van der Waals surface area contributed by atoms with Gasteiger partial charge in [-0.15, -0.1) is 0 Å². The summed E-state index contributed by atoms with van der Waals surface area (Å²) in [5.41, 5.74) is 2.63. The van der Waals surface area contributed by atoms with Crippen LogP contribution in [-0.2, 0) is 11.3 Å². The minimum Gasteiger partial charge on any atom is -0.380 e. The number of nitrogens with one attached hydrogen (secondary N) is 1. The lowest BCUT2D eigenvalue weighted by Gasteiger charge is -2.29. The Bertz CT molecular complexity index is 406. The van der Waals surface area contributed by atoms with Crippen molar-refractivity contribution in [2.45, 2.75) is 39.3 Å². The van der Waals surface area contributed by atoms with Crippen LogP contribution < -0.4 is 10.2 Å². The Morgan fingerprint density at radius 1 is 1.35 bits per heavy atom. The number of nitrogens with zero attached hydrogens (tertiary/aromatic N) is 1. The molecule has 112 valence electrons. The van der Waals surface area contributed by atoms with Crippen LogP contribution in [0.15, 0.2) is 24.3 Å². The summed E-state index contributed by atoms with van der Waals surface area (Å²) < 4.78 is 5.34. The van der Waals surface area contributed by atoms with Crippen molar-refractivity contribution in [1.29, 1.82) is 0 Å². The summed E-state index contributed by atoms with van der Waals surface area (Å²) >= 11 is 0. The topological polar surface area (TPSA) is 24.5 Å². The second kappa shape index (κ2) is 7.65. The molecule has 1 aromatic rings. The van der Waals surface area contributed by atoms with Crippen molar-refractivity contribution in [1.82, 2.24) is 5.32 Å². The Morgan fingerprint density at radius 3 is 2.90 bits per heavy atom. The zero-order chi connectivity index (χ0) is 14.4. The first-order valence-electron chi connectivity index (χ1n) is 7.76. The fourth-order valence-corrected chi connectivity index (χ4v) is 3.04. The average Bonchev–Trinajstić information content (AvgIpc) is 2.64. The van der Waals surface area contributed by atoms with Gasteiger partial charge >= 0.3 is 0 Å². The van der Waals surface area contributed by atoms with E-state index in [2.05, 4.69) is 48.3 Å². The summed E-state index contributed by atoms with van der Waals surface area (Å²) in [6.07, 6.45) is 2.44. The molecule has 0 radical (unpaired) electrons. The van der Waals surface area contributed by atoms with E-state index in [0.717, 1.165) is 25.6 Å². The first-order chi connectivity index (χ1) is 9.70. The molecule has 1 fully saturated rings. The van der Waals surface area contributed by atoms with Gasteiger partial charge in [0.05, 0.1) is 6.61 Å². The van der Waals surface area contributed by atoms with Crippen molar-refractivity contribution in [2.75, 3.05) is 31.6 Å². The van der Waals surface area contributed by atoms with E-state index in [1.54, 1.807) is 7.11 Å². The van der Waals surface area contributed by atoms with Crippen LogP contribution in [0.1, 0.15) is 32.3 Å². The van der Waals surface area contributed by atoms with Gasteiger partial charge in [-0.25, -0.2) is 0 Å². The predicted octanol–water partition coefficient (Wildman–Crippen LogP) is 3.05. The Labute approximate surface area is 123 Å². The minimum atomic E-state index is 0.591. The second-order valence-electron chi connectivity index (χ2n) is 6.14. The van der Waals surface area contributed by atoms with Gasteiger partial charge in [-0.1, -0.05) is 32.0 Å². The van der Waals surface area contributed by atoms with E-state index < -0.39 is 0 Å². The summed E-state index contributed by atoms with van der Waals surface area (Å²) in [6.45, 7) is 8.64. The fourth-order valence-electron chi connectivity index (χ4n) is 3.04. The lowest BCUT2D eigenvalue weighted by atomic mass is 10.0.